The van der Waals surface area contributed by atoms with Crippen molar-refractivity contribution in [3.63, 3.8) is 0 Å². The lowest BCUT2D eigenvalue weighted by molar-refractivity contribution is 0.837. The Labute approximate surface area is 71.4 Å². The third-order valence-corrected chi connectivity index (χ3v) is 1.73. The molecule has 3 N–H and O–H groups in total. The molecular formula is C6H7N5O2. The molecule has 0 radical (unpaired) electrons. The molecule has 0 aliphatic rings. The van der Waals surface area contributed by atoms with Crippen LogP contribution in [0, 0.1) is 0 Å². The molecule has 2 rings (SSSR count). The van der Waals surface area contributed by atoms with Crippen LogP contribution in [0.5, 0.6) is 0 Å². The first-order chi connectivity index (χ1) is 6.24. The van der Waals surface area contributed by atoms with Gasteiger partial charge in [0.25, 0.3) is 5.56 Å². The first-order valence-corrected chi connectivity index (χ1v) is 3.60. The van der Waals surface area contributed by atoms with E-state index in [2.05, 4.69) is 20.6 Å². The summed E-state index contributed by atoms with van der Waals surface area (Å²) in [4.78, 5) is 24.5. The molecule has 0 spiro atoms. The molecule has 0 unspecified atom stereocenters. The number of H-pyrrole nitrogens is 2. The Hall–Kier alpha value is -2.05. The largest absolute Gasteiger partial charge is 0.348 e. The van der Waals surface area contributed by atoms with Crippen LogP contribution in [0.3, 0.4) is 0 Å². The molecule has 2 heterocycles. The minimum Gasteiger partial charge on any atom is -0.323 e. The van der Waals surface area contributed by atoms with Crippen LogP contribution in [0.15, 0.2) is 15.8 Å². The number of hydrogen-bond acceptors (Lipinski definition) is 4. The molecule has 0 aromatic carbocycles. The Balaban J connectivity index is 3.06. The number of nitrogens with one attached hydrogen (secondary N) is 3. The molecular weight excluding hydrogens is 174 g/mol. The van der Waals surface area contributed by atoms with Gasteiger partial charge in [0.05, 0.1) is 6.20 Å². The topological polar surface area (TPSA) is 95.6 Å². The Morgan fingerprint density at radius 1 is 1.54 bits per heavy atom. The lowest BCUT2D eigenvalue weighted by Crippen LogP contribution is -2.34. The molecule has 0 saturated heterocycles. The van der Waals surface area contributed by atoms with Gasteiger partial charge in [-0.2, -0.15) is 9.77 Å². The van der Waals surface area contributed by atoms with E-state index < -0.39 is 11.2 Å². The van der Waals surface area contributed by atoms with E-state index in [0.717, 1.165) is 0 Å². The minimum atomic E-state index is -0.524. The first-order valence-electron chi connectivity index (χ1n) is 3.60. The minimum absolute atomic E-state index is 0.342. The molecule has 7 heteroatoms. The van der Waals surface area contributed by atoms with Crippen LogP contribution in [0.1, 0.15) is 0 Å². The van der Waals surface area contributed by atoms with Gasteiger partial charge < -0.3 is 5.43 Å². The summed E-state index contributed by atoms with van der Waals surface area (Å²) in [6.07, 6.45) is 1.36. The van der Waals surface area contributed by atoms with E-state index in [0.29, 0.717) is 11.0 Å². The van der Waals surface area contributed by atoms with E-state index in [1.807, 2.05) is 0 Å². The van der Waals surface area contributed by atoms with Crippen LogP contribution in [0.2, 0.25) is 0 Å². The monoisotopic (exact) mass is 181 g/mol. The first kappa shape index (κ1) is 7.59. The summed E-state index contributed by atoms with van der Waals surface area (Å²) in [7, 11) is 1.57. The second-order valence-corrected chi connectivity index (χ2v) is 2.45. The summed E-state index contributed by atoms with van der Waals surface area (Å²) in [5.41, 5.74) is 2.00. The molecule has 0 atom stereocenters. The average Bonchev–Trinajstić information content (AvgIpc) is 2.53. The van der Waals surface area contributed by atoms with Gasteiger partial charge in [-0.15, -0.1) is 0 Å². The fraction of sp³-hybridized carbons (Fsp3) is 0.167. The zero-order valence-corrected chi connectivity index (χ0v) is 6.79. The standard InChI is InChI=1S/C6H7N5O2/c1-7-11-4-3(2-8-10-4)5(12)9-6(11)13/h2,7H,1H3,(H,8,10)(H,9,12,13). The highest BCUT2D eigenvalue weighted by Crippen LogP contribution is 1.98. The number of hydrogen-bond donors (Lipinski definition) is 3. The lowest BCUT2D eigenvalue weighted by Gasteiger charge is -2.02. The second-order valence-electron chi connectivity index (χ2n) is 2.45. The number of nitrogens with zero attached hydrogens (tertiary/aromatic N) is 2. The highest BCUT2D eigenvalue weighted by Gasteiger charge is 2.06. The van der Waals surface area contributed by atoms with Gasteiger partial charge >= 0.3 is 5.69 Å². The molecule has 13 heavy (non-hydrogen) atoms. The smallest absolute Gasteiger partial charge is 0.323 e. The number of aromatic amines is 2. The van der Waals surface area contributed by atoms with Gasteiger partial charge in [0.1, 0.15) is 5.39 Å². The van der Waals surface area contributed by atoms with Crippen molar-refractivity contribution in [2.45, 2.75) is 0 Å². The summed E-state index contributed by atoms with van der Waals surface area (Å²) in [6, 6.07) is 0. The highest BCUT2D eigenvalue weighted by molar-refractivity contribution is 5.72. The maximum Gasteiger partial charge on any atom is 0.348 e. The van der Waals surface area contributed by atoms with Crippen molar-refractivity contribution >= 4 is 11.0 Å². The van der Waals surface area contributed by atoms with Crippen molar-refractivity contribution in [2.24, 2.45) is 0 Å². The molecule has 0 amide bonds. The number of fused-ring (bicyclic) bond motifs is 1. The third-order valence-electron chi connectivity index (χ3n) is 1.73. The van der Waals surface area contributed by atoms with E-state index in [1.165, 1.54) is 10.9 Å². The van der Waals surface area contributed by atoms with Crippen LogP contribution >= 0.6 is 0 Å². The molecule has 0 aliphatic heterocycles. The normalized spacial score (nSPS) is 10.5. The maximum absolute atomic E-state index is 11.2. The predicted octanol–water partition coefficient (Wildman–Crippen LogP) is -1.41. The van der Waals surface area contributed by atoms with Crippen LogP contribution in [-0.4, -0.2) is 26.9 Å². The van der Waals surface area contributed by atoms with E-state index >= 15 is 0 Å². The zero-order valence-electron chi connectivity index (χ0n) is 6.79. The lowest BCUT2D eigenvalue weighted by atomic mass is 10.4. The highest BCUT2D eigenvalue weighted by atomic mass is 16.2. The van der Waals surface area contributed by atoms with Gasteiger partial charge in [0.2, 0.25) is 0 Å². The molecule has 68 valence electrons. The van der Waals surface area contributed by atoms with Crippen molar-refractivity contribution in [1.29, 1.82) is 0 Å². The van der Waals surface area contributed by atoms with Gasteiger partial charge in [-0.1, -0.05) is 0 Å². The van der Waals surface area contributed by atoms with Crippen molar-refractivity contribution in [3.05, 3.63) is 27.0 Å². The SMILES string of the molecule is CNn1c(=O)[nH]c(=O)c2cn[nH]c21. The zero-order chi connectivity index (χ0) is 9.42. The van der Waals surface area contributed by atoms with Gasteiger partial charge in [-0.25, -0.2) is 4.79 Å². The fourth-order valence-corrected chi connectivity index (χ4v) is 1.15. The molecule has 0 saturated carbocycles. The van der Waals surface area contributed by atoms with Crippen molar-refractivity contribution in [2.75, 3.05) is 12.5 Å². The van der Waals surface area contributed by atoms with Crippen molar-refractivity contribution in [3.8, 4) is 0 Å². The van der Waals surface area contributed by atoms with Crippen LogP contribution in [-0.2, 0) is 0 Å². The Morgan fingerprint density at radius 3 is 3.00 bits per heavy atom. The van der Waals surface area contributed by atoms with Gasteiger partial charge in [-0.05, 0) is 0 Å². The summed E-state index contributed by atoms with van der Waals surface area (Å²) in [6.45, 7) is 0. The fourth-order valence-electron chi connectivity index (χ4n) is 1.15. The van der Waals surface area contributed by atoms with Crippen LogP contribution in [0.4, 0.5) is 0 Å². The van der Waals surface area contributed by atoms with E-state index in [1.54, 1.807) is 7.05 Å². The summed E-state index contributed by atoms with van der Waals surface area (Å²) < 4.78 is 1.17. The molecule has 0 bridgehead atoms. The van der Waals surface area contributed by atoms with E-state index in [9.17, 15) is 9.59 Å². The Kier molecular flexibility index (Phi) is 1.44. The summed E-state index contributed by atoms with van der Waals surface area (Å²) >= 11 is 0. The Bertz CT molecular complexity index is 548. The van der Waals surface area contributed by atoms with Gasteiger partial charge in [-0.3, -0.25) is 14.9 Å². The molecule has 2 aromatic rings. The van der Waals surface area contributed by atoms with Gasteiger partial charge in [0.15, 0.2) is 5.65 Å². The van der Waals surface area contributed by atoms with E-state index in [-0.39, 0.29) is 0 Å². The van der Waals surface area contributed by atoms with E-state index in [4.69, 9.17) is 0 Å². The third kappa shape index (κ3) is 0.934. The van der Waals surface area contributed by atoms with Crippen molar-refractivity contribution in [1.82, 2.24) is 19.9 Å². The quantitative estimate of drug-likeness (QED) is 0.503. The Morgan fingerprint density at radius 2 is 2.31 bits per heavy atom. The molecule has 2 aromatic heterocycles. The molecule has 0 aliphatic carbocycles. The van der Waals surface area contributed by atoms with Crippen molar-refractivity contribution < 1.29 is 0 Å². The summed E-state index contributed by atoms with van der Waals surface area (Å²) in [5, 5.41) is 6.56. The average molecular weight is 181 g/mol. The molecule has 0 fully saturated rings. The van der Waals surface area contributed by atoms with Crippen LogP contribution in [0.25, 0.3) is 11.0 Å². The predicted molar refractivity (Wildman–Crippen MR) is 46.3 cm³/mol. The number of rotatable bonds is 1. The number of aromatic nitrogens is 4. The van der Waals surface area contributed by atoms with Gasteiger partial charge in [0, 0.05) is 7.05 Å². The summed E-state index contributed by atoms with van der Waals surface area (Å²) in [5.74, 6) is 0. The van der Waals surface area contributed by atoms with Crippen LogP contribution < -0.4 is 16.7 Å². The second kappa shape index (κ2) is 2.47. The maximum atomic E-state index is 11.2. The molecule has 7 nitrogen and oxygen atoms in total.